The van der Waals surface area contributed by atoms with Crippen LogP contribution in [0.5, 0.6) is 0 Å². The monoisotopic (exact) mass is 430 g/mol. The third-order valence-corrected chi connectivity index (χ3v) is 6.80. The van der Waals surface area contributed by atoms with E-state index in [1.165, 1.54) is 10.5 Å². The first-order chi connectivity index (χ1) is 14.9. The minimum Gasteiger partial charge on any atom is -0.383 e. The van der Waals surface area contributed by atoms with Gasteiger partial charge in [0.15, 0.2) is 0 Å². The number of hydrogen-bond acceptors (Lipinski definition) is 5. The van der Waals surface area contributed by atoms with Crippen molar-refractivity contribution >= 4 is 11.9 Å². The van der Waals surface area contributed by atoms with Crippen molar-refractivity contribution in [1.82, 2.24) is 19.7 Å². The molecule has 172 valence electrons. The van der Waals surface area contributed by atoms with Gasteiger partial charge < -0.3 is 9.64 Å². The van der Waals surface area contributed by atoms with Crippen LogP contribution >= 0.6 is 0 Å². The highest BCUT2D eigenvalue weighted by Crippen LogP contribution is 2.38. The minimum atomic E-state index is -0.675. The van der Waals surface area contributed by atoms with E-state index in [4.69, 9.17) is 4.74 Å². The maximum Gasteiger partial charge on any atom is 0.327 e. The Balaban J connectivity index is 1.70. The maximum atomic E-state index is 13.6. The summed E-state index contributed by atoms with van der Waals surface area (Å²) in [5.74, 6) is 0.498. The molecule has 1 aromatic rings. The van der Waals surface area contributed by atoms with Crippen LogP contribution in [0.1, 0.15) is 52.0 Å². The Morgan fingerprint density at radius 1 is 1.10 bits per heavy atom. The number of carbonyl (C=O) groups excluding carboxylic acids is 2. The summed E-state index contributed by atoms with van der Waals surface area (Å²) in [4.78, 5) is 36.8. The van der Waals surface area contributed by atoms with Crippen molar-refractivity contribution in [2.45, 2.75) is 64.5 Å². The van der Waals surface area contributed by atoms with Gasteiger partial charge in [-0.3, -0.25) is 19.6 Å². The van der Waals surface area contributed by atoms with Gasteiger partial charge in [-0.2, -0.15) is 0 Å². The van der Waals surface area contributed by atoms with Crippen LogP contribution in [0.2, 0.25) is 0 Å². The van der Waals surface area contributed by atoms with Crippen molar-refractivity contribution in [2.75, 3.05) is 39.9 Å². The summed E-state index contributed by atoms with van der Waals surface area (Å²) in [6, 6.07) is 4.19. The van der Waals surface area contributed by atoms with Crippen molar-refractivity contribution < 1.29 is 14.3 Å². The first kappa shape index (κ1) is 23.7. The zero-order chi connectivity index (χ0) is 22.4. The highest BCUT2D eigenvalue weighted by molar-refractivity contribution is 6.07. The zero-order valence-corrected chi connectivity index (χ0v) is 19.5. The lowest BCUT2D eigenvalue weighted by molar-refractivity contribution is -0.136. The third kappa shape index (κ3) is 5.26. The van der Waals surface area contributed by atoms with Crippen LogP contribution in [0.25, 0.3) is 0 Å². The number of hydrogen-bond donors (Lipinski definition) is 0. The van der Waals surface area contributed by atoms with E-state index in [1.54, 1.807) is 19.5 Å². The van der Waals surface area contributed by atoms with Crippen LogP contribution in [-0.2, 0) is 16.0 Å². The molecule has 0 saturated carbocycles. The topological polar surface area (TPSA) is 66.0 Å². The van der Waals surface area contributed by atoms with E-state index >= 15 is 0 Å². The van der Waals surface area contributed by atoms with Crippen molar-refractivity contribution in [3.8, 4) is 0 Å². The van der Waals surface area contributed by atoms with Crippen LogP contribution in [0.15, 0.2) is 24.5 Å². The van der Waals surface area contributed by atoms with Crippen LogP contribution < -0.4 is 0 Å². The van der Waals surface area contributed by atoms with Gasteiger partial charge in [-0.05, 0) is 62.6 Å². The fraction of sp³-hybridized carbons (Fsp3) is 0.708. The number of amides is 3. The number of rotatable bonds is 10. The molecular weight excluding hydrogens is 392 g/mol. The van der Waals surface area contributed by atoms with Gasteiger partial charge >= 0.3 is 6.03 Å². The molecule has 3 amide bonds. The molecule has 0 aliphatic carbocycles. The molecule has 1 unspecified atom stereocenters. The molecule has 3 heterocycles. The van der Waals surface area contributed by atoms with E-state index in [1.807, 2.05) is 17.0 Å². The molecule has 31 heavy (non-hydrogen) atoms. The van der Waals surface area contributed by atoms with Crippen molar-refractivity contribution in [1.29, 1.82) is 0 Å². The highest BCUT2D eigenvalue weighted by Gasteiger charge is 2.57. The van der Waals surface area contributed by atoms with Gasteiger partial charge in [-0.25, -0.2) is 4.79 Å². The Kier molecular flexibility index (Phi) is 8.06. The normalized spacial score (nSPS) is 20.3. The Morgan fingerprint density at radius 3 is 2.39 bits per heavy atom. The first-order valence-corrected chi connectivity index (χ1v) is 11.6. The highest BCUT2D eigenvalue weighted by atomic mass is 16.5. The largest absolute Gasteiger partial charge is 0.383 e. The number of carbonyl (C=O) groups is 2. The summed E-state index contributed by atoms with van der Waals surface area (Å²) in [7, 11) is 1.72. The summed E-state index contributed by atoms with van der Waals surface area (Å²) in [6.45, 7) is 9.91. The lowest BCUT2D eigenvalue weighted by Gasteiger charge is -2.44. The number of imide groups is 1. The molecule has 0 radical (unpaired) electrons. The fourth-order valence-electron chi connectivity index (χ4n) is 4.83. The number of urea groups is 1. The predicted molar refractivity (Wildman–Crippen MR) is 121 cm³/mol. The van der Waals surface area contributed by atoms with Crippen LogP contribution in [0.3, 0.4) is 0 Å². The number of likely N-dealkylation sites (tertiary alicyclic amines) is 1. The summed E-state index contributed by atoms with van der Waals surface area (Å²) in [5, 5.41) is 0. The Hall–Kier alpha value is -1.99. The van der Waals surface area contributed by atoms with Crippen LogP contribution in [0, 0.1) is 5.92 Å². The second kappa shape index (κ2) is 10.6. The number of nitrogens with zero attached hydrogens (tertiary/aromatic N) is 4. The molecule has 0 bridgehead atoms. The molecule has 1 spiro atoms. The van der Waals surface area contributed by atoms with Gasteiger partial charge in [-0.15, -0.1) is 0 Å². The van der Waals surface area contributed by atoms with Crippen molar-refractivity contribution in [3.05, 3.63) is 30.1 Å². The average molecular weight is 431 g/mol. The van der Waals surface area contributed by atoms with Crippen molar-refractivity contribution in [3.63, 3.8) is 0 Å². The SMILES string of the molecule is COCC(C)N1CCC2(CC1)C(=O)N(CCCc1ccncc1)C(=O)N2CCC(C)C. The van der Waals surface area contributed by atoms with Gasteiger partial charge in [0.05, 0.1) is 6.61 Å². The lowest BCUT2D eigenvalue weighted by atomic mass is 9.85. The molecule has 2 aliphatic rings. The standard InChI is InChI=1S/C24H38N4O3/c1-19(2)9-15-28-23(30)27(14-5-6-21-7-12-25-13-8-21)22(29)24(28)10-16-26(17-11-24)20(3)18-31-4/h7-8,12-13,19-20H,5-6,9-11,14-18H2,1-4H3. The Bertz CT molecular complexity index is 732. The fourth-order valence-corrected chi connectivity index (χ4v) is 4.83. The molecule has 7 heteroatoms. The Labute approximate surface area is 186 Å². The molecule has 0 N–H and O–H groups in total. The maximum absolute atomic E-state index is 13.6. The molecule has 1 aromatic heterocycles. The van der Waals surface area contributed by atoms with E-state index in [9.17, 15) is 9.59 Å². The van der Waals surface area contributed by atoms with E-state index in [0.29, 0.717) is 44.5 Å². The van der Waals surface area contributed by atoms with Crippen LogP contribution in [-0.4, -0.2) is 83.1 Å². The second-order valence-electron chi connectivity index (χ2n) is 9.40. The number of aryl methyl sites for hydroxylation is 1. The molecule has 2 fully saturated rings. The van der Waals surface area contributed by atoms with Gasteiger partial charge in [0, 0.05) is 51.7 Å². The average Bonchev–Trinajstić information content (AvgIpc) is 2.94. The predicted octanol–water partition coefficient (Wildman–Crippen LogP) is 3.19. The third-order valence-electron chi connectivity index (χ3n) is 6.80. The summed E-state index contributed by atoms with van der Waals surface area (Å²) >= 11 is 0. The summed E-state index contributed by atoms with van der Waals surface area (Å²) in [5.41, 5.74) is 0.507. The number of ether oxygens (including phenoxy) is 1. The van der Waals surface area contributed by atoms with Gasteiger partial charge in [0.2, 0.25) is 0 Å². The number of pyridine rings is 1. The van der Waals surface area contributed by atoms with E-state index in [-0.39, 0.29) is 11.9 Å². The number of aromatic nitrogens is 1. The molecule has 3 rings (SSSR count). The lowest BCUT2D eigenvalue weighted by Crippen LogP contribution is -2.58. The number of piperidine rings is 1. The van der Waals surface area contributed by atoms with Gasteiger partial charge in [-0.1, -0.05) is 13.8 Å². The second-order valence-corrected chi connectivity index (χ2v) is 9.40. The smallest absolute Gasteiger partial charge is 0.327 e. The number of methoxy groups -OCH3 is 1. The van der Waals surface area contributed by atoms with Gasteiger partial charge in [0.1, 0.15) is 5.54 Å². The van der Waals surface area contributed by atoms with E-state index in [2.05, 4.69) is 30.7 Å². The first-order valence-electron chi connectivity index (χ1n) is 11.6. The Morgan fingerprint density at radius 2 is 1.77 bits per heavy atom. The molecule has 2 saturated heterocycles. The minimum absolute atomic E-state index is 0.00929. The van der Waals surface area contributed by atoms with Crippen molar-refractivity contribution in [2.24, 2.45) is 5.92 Å². The molecule has 0 aromatic carbocycles. The zero-order valence-electron chi connectivity index (χ0n) is 19.5. The van der Waals surface area contributed by atoms with Gasteiger partial charge in [0.25, 0.3) is 5.91 Å². The molecular formula is C24H38N4O3. The van der Waals surface area contributed by atoms with Crippen LogP contribution in [0.4, 0.5) is 4.79 Å². The molecule has 1 atom stereocenters. The summed E-state index contributed by atoms with van der Waals surface area (Å²) in [6.07, 6.45) is 7.48. The summed E-state index contributed by atoms with van der Waals surface area (Å²) < 4.78 is 5.31. The van der Waals surface area contributed by atoms with E-state index in [0.717, 1.165) is 32.4 Å². The molecule has 7 nitrogen and oxygen atoms in total. The van der Waals surface area contributed by atoms with E-state index < -0.39 is 5.54 Å². The quantitative estimate of drug-likeness (QED) is 0.534. The molecule has 2 aliphatic heterocycles.